The van der Waals surface area contributed by atoms with Gasteiger partial charge in [-0.2, -0.15) is 0 Å². The summed E-state index contributed by atoms with van der Waals surface area (Å²) in [5.41, 5.74) is 1.56. The average Bonchev–Trinajstić information content (AvgIpc) is 3.12. The lowest BCUT2D eigenvalue weighted by atomic mass is 10.0. The number of aromatic nitrogens is 2. The van der Waals surface area contributed by atoms with Gasteiger partial charge in [0, 0.05) is 18.1 Å². The van der Waals surface area contributed by atoms with Crippen molar-refractivity contribution in [2.45, 2.75) is 38.6 Å². The summed E-state index contributed by atoms with van der Waals surface area (Å²) in [6, 6.07) is 3.15. The first-order chi connectivity index (χ1) is 10.6. The minimum absolute atomic E-state index is 0.243. The van der Waals surface area contributed by atoms with E-state index < -0.39 is 11.7 Å². The summed E-state index contributed by atoms with van der Waals surface area (Å²) in [6.45, 7) is 1.88. The molecule has 2 aromatic rings. The highest BCUT2D eigenvalue weighted by Gasteiger charge is 2.23. The summed E-state index contributed by atoms with van der Waals surface area (Å²) in [6.07, 6.45) is 6.24. The molecule has 22 heavy (non-hydrogen) atoms. The zero-order valence-electron chi connectivity index (χ0n) is 12.8. The molecule has 3 rings (SSSR count). The van der Waals surface area contributed by atoms with E-state index in [4.69, 9.17) is 0 Å². The molecule has 2 aromatic heterocycles. The Hall–Kier alpha value is -1.95. The highest BCUT2D eigenvalue weighted by molar-refractivity contribution is 7.11. The van der Waals surface area contributed by atoms with E-state index in [9.17, 15) is 9.59 Å². The number of nitrogens with zero attached hydrogens (tertiary/aromatic N) is 2. The molecule has 6 heteroatoms. The maximum atomic E-state index is 12.1. The lowest BCUT2D eigenvalue weighted by Gasteiger charge is -2.10. The minimum atomic E-state index is -0.581. The lowest BCUT2D eigenvalue weighted by molar-refractivity contribution is -0.117. The molecule has 0 radical (unpaired) electrons. The van der Waals surface area contributed by atoms with Crippen LogP contribution < -0.4 is 5.32 Å². The first-order valence-corrected chi connectivity index (χ1v) is 8.33. The van der Waals surface area contributed by atoms with Gasteiger partial charge < -0.3 is 9.88 Å². The number of Topliss-reactive ketones (excluding diaryl/α,β-unsaturated/α-hetero) is 1. The number of carbonyl (C=O) groups excluding carboxylic acids is 2. The number of thiazole rings is 1. The molecule has 0 aliphatic heterocycles. The van der Waals surface area contributed by atoms with Gasteiger partial charge in [-0.05, 0) is 44.7 Å². The van der Waals surface area contributed by atoms with E-state index in [2.05, 4.69) is 10.3 Å². The zero-order chi connectivity index (χ0) is 15.7. The van der Waals surface area contributed by atoms with Crippen LogP contribution in [0, 0.1) is 0 Å². The third-order valence-electron chi connectivity index (χ3n) is 3.96. The van der Waals surface area contributed by atoms with Crippen LogP contribution >= 0.6 is 11.3 Å². The zero-order valence-corrected chi connectivity index (χ0v) is 13.6. The monoisotopic (exact) mass is 317 g/mol. The Labute approximate surface area is 133 Å². The average molecular weight is 317 g/mol. The van der Waals surface area contributed by atoms with Crippen LogP contribution in [0.3, 0.4) is 0 Å². The van der Waals surface area contributed by atoms with Gasteiger partial charge in [0.15, 0.2) is 0 Å². The molecule has 1 amide bonds. The summed E-state index contributed by atoms with van der Waals surface area (Å²) in [5.74, 6) is -1.09. The summed E-state index contributed by atoms with van der Waals surface area (Å²) in [7, 11) is 1.75. The van der Waals surface area contributed by atoms with Crippen LogP contribution in [0.5, 0.6) is 0 Å². The number of fused-ring (bicyclic) bond motifs is 1. The first kappa shape index (κ1) is 15.0. The van der Waals surface area contributed by atoms with Crippen LogP contribution in [0.15, 0.2) is 18.3 Å². The van der Waals surface area contributed by atoms with Crippen molar-refractivity contribution < 1.29 is 9.59 Å². The molecule has 116 valence electrons. The van der Waals surface area contributed by atoms with Crippen LogP contribution in [0.4, 0.5) is 0 Å². The number of hydrogen-bond donors (Lipinski definition) is 1. The van der Waals surface area contributed by atoms with Crippen LogP contribution in [0.25, 0.3) is 0 Å². The largest absolute Gasteiger partial charge is 0.348 e. The van der Waals surface area contributed by atoms with Crippen molar-refractivity contribution in [2.24, 2.45) is 7.05 Å². The molecule has 0 aromatic carbocycles. The highest BCUT2D eigenvalue weighted by Crippen LogP contribution is 2.29. The van der Waals surface area contributed by atoms with Crippen molar-refractivity contribution >= 4 is 23.0 Å². The summed E-state index contributed by atoms with van der Waals surface area (Å²) in [5, 5.41) is 3.66. The van der Waals surface area contributed by atoms with Crippen molar-refractivity contribution in [1.29, 1.82) is 0 Å². The van der Waals surface area contributed by atoms with E-state index in [1.807, 2.05) is 6.92 Å². The SMILES string of the molecule is C[C@@H](NC(=O)C(=O)c1cccn1C)c1nc2c(s1)CCCC2. The molecule has 0 fully saturated rings. The van der Waals surface area contributed by atoms with Crippen LogP contribution in [0.1, 0.15) is 51.9 Å². The van der Waals surface area contributed by atoms with Crippen molar-refractivity contribution in [3.63, 3.8) is 0 Å². The number of ketones is 1. The van der Waals surface area contributed by atoms with E-state index in [1.165, 1.54) is 23.4 Å². The maximum Gasteiger partial charge on any atom is 0.294 e. The van der Waals surface area contributed by atoms with Crippen molar-refractivity contribution in [1.82, 2.24) is 14.9 Å². The Morgan fingerprint density at radius 1 is 1.36 bits per heavy atom. The molecule has 1 N–H and O–H groups in total. The smallest absolute Gasteiger partial charge is 0.294 e. The molecular weight excluding hydrogens is 298 g/mol. The number of rotatable bonds is 4. The van der Waals surface area contributed by atoms with E-state index in [1.54, 1.807) is 41.3 Å². The lowest BCUT2D eigenvalue weighted by Crippen LogP contribution is -2.34. The number of amides is 1. The Balaban J connectivity index is 1.70. The van der Waals surface area contributed by atoms with Crippen LogP contribution in [-0.2, 0) is 24.7 Å². The Morgan fingerprint density at radius 2 is 2.14 bits per heavy atom. The van der Waals surface area contributed by atoms with Gasteiger partial charge in [0.2, 0.25) is 0 Å². The highest BCUT2D eigenvalue weighted by atomic mass is 32.1. The number of carbonyl (C=O) groups is 2. The van der Waals surface area contributed by atoms with Gasteiger partial charge in [0.25, 0.3) is 11.7 Å². The third-order valence-corrected chi connectivity index (χ3v) is 5.30. The van der Waals surface area contributed by atoms with Crippen LogP contribution in [-0.4, -0.2) is 21.2 Å². The Morgan fingerprint density at radius 3 is 2.82 bits per heavy atom. The fraction of sp³-hybridized carbons (Fsp3) is 0.438. The first-order valence-electron chi connectivity index (χ1n) is 7.51. The molecule has 0 saturated carbocycles. The standard InChI is InChI=1S/C16H19N3O2S/c1-10(16-18-11-6-3-4-8-13(11)22-16)17-15(21)14(20)12-7-5-9-19(12)2/h5,7,9-10H,3-4,6,8H2,1-2H3,(H,17,21)/t10-/m1/s1. The van der Waals surface area contributed by atoms with Crippen molar-refractivity contribution in [3.05, 3.63) is 39.6 Å². The molecule has 2 heterocycles. The van der Waals surface area contributed by atoms with E-state index in [-0.39, 0.29) is 6.04 Å². The molecule has 5 nitrogen and oxygen atoms in total. The second kappa shape index (κ2) is 6.04. The molecule has 1 aliphatic rings. The quantitative estimate of drug-likeness (QED) is 0.696. The Bertz CT molecular complexity index is 693. The van der Waals surface area contributed by atoms with Crippen molar-refractivity contribution in [3.8, 4) is 0 Å². The molecule has 0 saturated heterocycles. The summed E-state index contributed by atoms with van der Waals surface area (Å²) >= 11 is 1.66. The fourth-order valence-corrected chi connectivity index (χ4v) is 3.85. The topological polar surface area (TPSA) is 64.0 Å². The summed E-state index contributed by atoms with van der Waals surface area (Å²) < 4.78 is 1.65. The molecule has 1 atom stereocenters. The second-order valence-corrected chi connectivity index (χ2v) is 6.77. The van der Waals surface area contributed by atoms with Gasteiger partial charge >= 0.3 is 0 Å². The molecular formula is C16H19N3O2S. The van der Waals surface area contributed by atoms with Crippen molar-refractivity contribution in [2.75, 3.05) is 0 Å². The molecule has 0 spiro atoms. The minimum Gasteiger partial charge on any atom is -0.348 e. The second-order valence-electron chi connectivity index (χ2n) is 5.66. The van der Waals surface area contributed by atoms with Crippen LogP contribution in [0.2, 0.25) is 0 Å². The van der Waals surface area contributed by atoms with E-state index in [0.717, 1.165) is 17.8 Å². The van der Waals surface area contributed by atoms with Gasteiger partial charge in [-0.15, -0.1) is 11.3 Å². The number of nitrogens with one attached hydrogen (secondary N) is 1. The van der Waals surface area contributed by atoms with Gasteiger partial charge in [-0.25, -0.2) is 4.98 Å². The fourth-order valence-electron chi connectivity index (χ4n) is 2.69. The molecule has 0 bridgehead atoms. The third kappa shape index (κ3) is 2.83. The molecule has 1 aliphatic carbocycles. The van der Waals surface area contributed by atoms with Gasteiger partial charge in [-0.3, -0.25) is 9.59 Å². The predicted octanol–water partition coefficient (Wildman–Crippen LogP) is 2.42. The molecule has 0 unspecified atom stereocenters. The number of aryl methyl sites for hydroxylation is 3. The van der Waals surface area contributed by atoms with Gasteiger partial charge in [0.05, 0.1) is 17.4 Å². The van der Waals surface area contributed by atoms with E-state index in [0.29, 0.717) is 5.69 Å². The Kier molecular flexibility index (Phi) is 4.11. The van der Waals surface area contributed by atoms with Gasteiger partial charge in [-0.1, -0.05) is 0 Å². The van der Waals surface area contributed by atoms with E-state index >= 15 is 0 Å². The summed E-state index contributed by atoms with van der Waals surface area (Å²) in [4.78, 5) is 30.2. The maximum absolute atomic E-state index is 12.1. The van der Waals surface area contributed by atoms with Gasteiger partial charge in [0.1, 0.15) is 5.01 Å². The normalized spacial score (nSPS) is 15.2. The predicted molar refractivity (Wildman–Crippen MR) is 85.1 cm³/mol. The number of hydrogen-bond acceptors (Lipinski definition) is 4.